The molecule has 21 heavy (non-hydrogen) atoms. The Morgan fingerprint density at radius 2 is 1.90 bits per heavy atom. The minimum atomic E-state index is -3.83. The van der Waals surface area contributed by atoms with Crippen LogP contribution < -0.4 is 16.0 Å². The van der Waals surface area contributed by atoms with Gasteiger partial charge < -0.3 is 15.2 Å². The maximum atomic E-state index is 12.2. The van der Waals surface area contributed by atoms with Gasteiger partial charge in [-0.15, -0.1) is 10.3 Å². The van der Waals surface area contributed by atoms with E-state index in [2.05, 4.69) is 15.4 Å². The van der Waals surface area contributed by atoms with Gasteiger partial charge in [0.1, 0.15) is 0 Å². The average Bonchev–Trinajstić information content (AvgIpc) is 2.46. The van der Waals surface area contributed by atoms with Crippen LogP contribution in [-0.4, -0.2) is 33.8 Å². The van der Waals surface area contributed by atoms with Crippen molar-refractivity contribution in [1.29, 1.82) is 0 Å². The summed E-state index contributed by atoms with van der Waals surface area (Å²) in [6.07, 6.45) is 1.47. The van der Waals surface area contributed by atoms with Crippen molar-refractivity contribution in [2.75, 3.05) is 20.0 Å². The van der Waals surface area contributed by atoms with Gasteiger partial charge in [0, 0.05) is 5.69 Å². The number of anilines is 1. The predicted octanol–water partition coefficient (Wildman–Crippen LogP) is -0.270. The van der Waals surface area contributed by atoms with Crippen LogP contribution in [0.15, 0.2) is 46.2 Å². The third kappa shape index (κ3) is 3.55. The average molecular weight is 313 g/mol. The Labute approximate surface area is 122 Å². The van der Waals surface area contributed by atoms with E-state index in [4.69, 9.17) is 15.2 Å². The van der Waals surface area contributed by atoms with Crippen molar-refractivity contribution < 1.29 is 17.9 Å². The fourth-order valence-corrected chi connectivity index (χ4v) is 2.38. The largest absolute Gasteiger partial charge is 0.481 e. The second-order valence-corrected chi connectivity index (χ2v) is 5.60. The van der Waals surface area contributed by atoms with Gasteiger partial charge in [-0.2, -0.15) is 0 Å². The highest BCUT2D eigenvalue weighted by atomic mass is 32.2. The minimum absolute atomic E-state index is 0.0428. The zero-order chi connectivity index (χ0) is 15.5. The third-order valence-electron chi connectivity index (χ3n) is 2.50. The molecule has 0 amide bonds. The zero-order valence-electron chi connectivity index (χ0n) is 11.4. The van der Waals surface area contributed by atoms with Crippen LogP contribution in [0.1, 0.15) is 0 Å². The van der Waals surface area contributed by atoms with E-state index in [-0.39, 0.29) is 16.7 Å². The summed E-state index contributed by atoms with van der Waals surface area (Å²) in [5.74, 6) is 0.437. The van der Waals surface area contributed by atoms with Crippen LogP contribution in [0.4, 0.5) is 5.69 Å². The maximum Gasteiger partial charge on any atom is 0.260 e. The van der Waals surface area contributed by atoms with E-state index in [1.165, 1.54) is 44.6 Å². The molecule has 4 N–H and O–H groups in total. The van der Waals surface area contributed by atoms with Crippen molar-refractivity contribution in [3.05, 3.63) is 36.2 Å². The van der Waals surface area contributed by atoms with Gasteiger partial charge in [0.15, 0.2) is 0 Å². The molecule has 1 aliphatic heterocycles. The number of hydrazone groups is 1. The number of hydrogen-bond donors (Lipinski definition) is 3. The lowest BCUT2D eigenvalue weighted by Crippen LogP contribution is -2.49. The molecule has 114 valence electrons. The Balaban J connectivity index is 2.19. The fourth-order valence-electron chi connectivity index (χ4n) is 1.46. The normalized spacial score (nSPS) is 14.9. The first-order chi connectivity index (χ1) is 9.94. The molecule has 0 radical (unpaired) electrons. The number of nitrogen functional groups attached to an aromatic ring is 1. The van der Waals surface area contributed by atoms with Gasteiger partial charge in [-0.05, 0) is 24.3 Å². The van der Waals surface area contributed by atoms with Crippen LogP contribution in [0.5, 0.6) is 0 Å². The zero-order valence-corrected chi connectivity index (χ0v) is 12.2. The number of hydrazine groups is 2. The lowest BCUT2D eigenvalue weighted by Gasteiger charge is -2.25. The van der Waals surface area contributed by atoms with Crippen molar-refractivity contribution in [2.45, 2.75) is 4.90 Å². The Bertz CT molecular complexity index is 668. The Morgan fingerprint density at radius 1 is 1.24 bits per heavy atom. The maximum absolute atomic E-state index is 12.2. The summed E-state index contributed by atoms with van der Waals surface area (Å²) in [5, 5.41) is 4.75. The van der Waals surface area contributed by atoms with Crippen LogP contribution in [0.25, 0.3) is 0 Å². The molecule has 0 atom stereocenters. The molecule has 0 aliphatic carbocycles. The molecule has 1 aromatic carbocycles. The molecular weight excluding hydrogens is 298 g/mol. The third-order valence-corrected chi connectivity index (χ3v) is 3.80. The quantitative estimate of drug-likeness (QED) is 0.655. The van der Waals surface area contributed by atoms with E-state index in [1.807, 2.05) is 0 Å². The first-order valence-corrected chi connectivity index (χ1v) is 7.26. The molecule has 0 saturated carbocycles. The number of nitrogens with zero attached hydrogens (tertiary/aromatic N) is 2. The molecule has 10 heteroatoms. The molecule has 9 nitrogen and oxygen atoms in total. The monoisotopic (exact) mass is 313 g/mol. The van der Waals surface area contributed by atoms with E-state index in [0.717, 1.165) is 5.23 Å². The van der Waals surface area contributed by atoms with E-state index in [0.29, 0.717) is 5.69 Å². The topological polar surface area (TPSA) is 118 Å². The highest BCUT2D eigenvalue weighted by Crippen LogP contribution is 2.12. The minimum Gasteiger partial charge on any atom is -0.481 e. The number of nitrogens with two attached hydrogens (primary N) is 1. The van der Waals surface area contributed by atoms with Gasteiger partial charge >= 0.3 is 0 Å². The predicted molar refractivity (Wildman–Crippen MR) is 75.7 cm³/mol. The summed E-state index contributed by atoms with van der Waals surface area (Å²) < 4.78 is 34.3. The summed E-state index contributed by atoms with van der Waals surface area (Å²) in [6.45, 7) is 0. The smallest absolute Gasteiger partial charge is 0.260 e. The number of sulfonamides is 1. The molecular formula is C11H15N5O4S. The molecule has 1 aromatic rings. The number of rotatable bonds is 4. The molecule has 0 bridgehead atoms. The van der Waals surface area contributed by atoms with Crippen LogP contribution in [0.2, 0.25) is 0 Å². The lowest BCUT2D eigenvalue weighted by molar-refractivity contribution is 0.113. The number of methoxy groups -OCH3 is 2. The summed E-state index contributed by atoms with van der Waals surface area (Å²) >= 11 is 0. The van der Waals surface area contributed by atoms with Gasteiger partial charge in [-0.25, -0.2) is 13.8 Å². The van der Waals surface area contributed by atoms with Crippen molar-refractivity contribution in [3.8, 4) is 0 Å². The Hall–Kier alpha value is -2.46. The molecule has 0 unspecified atom stereocenters. The highest BCUT2D eigenvalue weighted by Gasteiger charge is 2.21. The van der Waals surface area contributed by atoms with Crippen molar-refractivity contribution >= 4 is 21.6 Å². The summed E-state index contributed by atoms with van der Waals surface area (Å²) in [4.78, 5) is 2.27. The molecule has 1 heterocycles. The summed E-state index contributed by atoms with van der Waals surface area (Å²) in [7, 11) is -1.00. The van der Waals surface area contributed by atoms with Gasteiger partial charge in [0.25, 0.3) is 10.0 Å². The number of hydrogen-bond acceptors (Lipinski definition) is 8. The number of ether oxygens (including phenoxy) is 2. The molecule has 0 fully saturated rings. The second-order valence-electron chi connectivity index (χ2n) is 3.94. The summed E-state index contributed by atoms with van der Waals surface area (Å²) in [5.41, 5.74) is 8.59. The molecule has 0 saturated heterocycles. The standard InChI is InChI=1S/C11H15N5O4S/c1-19-10-7-11(20-2)14-16(13-10)15-21(17,18)9-5-3-8(12)4-6-9/h3-7,13,15H,12H2,1-2H3. The number of benzene rings is 1. The van der Waals surface area contributed by atoms with Gasteiger partial charge in [0.2, 0.25) is 11.8 Å². The van der Waals surface area contributed by atoms with Gasteiger partial charge in [0.05, 0.1) is 25.2 Å². The first-order valence-electron chi connectivity index (χ1n) is 5.77. The molecule has 2 rings (SSSR count). The molecule has 0 spiro atoms. The molecule has 0 aromatic heterocycles. The van der Waals surface area contributed by atoms with Crippen LogP contribution >= 0.6 is 0 Å². The van der Waals surface area contributed by atoms with Crippen LogP contribution in [-0.2, 0) is 19.5 Å². The Morgan fingerprint density at radius 3 is 2.48 bits per heavy atom. The first kappa shape index (κ1) is 14.9. The Kier molecular flexibility index (Phi) is 4.19. The SMILES string of the molecule is COC1=CC(OC)=NN(NS(=O)(=O)c2ccc(N)cc2)N1. The van der Waals surface area contributed by atoms with E-state index in [9.17, 15) is 8.42 Å². The molecule has 1 aliphatic rings. The lowest BCUT2D eigenvalue weighted by atomic mass is 10.3. The van der Waals surface area contributed by atoms with Crippen molar-refractivity contribution in [3.63, 3.8) is 0 Å². The van der Waals surface area contributed by atoms with E-state index < -0.39 is 10.0 Å². The van der Waals surface area contributed by atoms with Crippen molar-refractivity contribution in [1.82, 2.24) is 15.5 Å². The van der Waals surface area contributed by atoms with E-state index in [1.54, 1.807) is 0 Å². The highest BCUT2D eigenvalue weighted by molar-refractivity contribution is 7.89. The van der Waals surface area contributed by atoms with E-state index >= 15 is 0 Å². The van der Waals surface area contributed by atoms with Gasteiger partial charge in [-0.3, -0.25) is 0 Å². The van der Waals surface area contributed by atoms with Crippen LogP contribution in [0.3, 0.4) is 0 Å². The fraction of sp³-hybridized carbons (Fsp3) is 0.182. The summed E-state index contributed by atoms with van der Waals surface area (Å²) in [6, 6.07) is 5.75. The second kappa shape index (κ2) is 5.89. The number of nitrogens with one attached hydrogen (secondary N) is 2. The van der Waals surface area contributed by atoms with Crippen molar-refractivity contribution in [2.24, 2.45) is 5.10 Å². The van der Waals surface area contributed by atoms with Gasteiger partial charge in [-0.1, -0.05) is 4.83 Å². The van der Waals surface area contributed by atoms with Crippen LogP contribution in [0, 0.1) is 0 Å².